The van der Waals surface area contributed by atoms with E-state index in [-0.39, 0.29) is 35.4 Å². The monoisotopic (exact) mass is 436 g/mol. The van der Waals surface area contributed by atoms with E-state index in [2.05, 4.69) is 36.5 Å². The third kappa shape index (κ3) is 5.37. The summed E-state index contributed by atoms with van der Waals surface area (Å²) in [5.41, 5.74) is 3.21. The predicted octanol–water partition coefficient (Wildman–Crippen LogP) is 4.83. The number of nitrogens with one attached hydrogen (secondary N) is 1. The highest BCUT2D eigenvalue weighted by Gasteiger charge is 2.37. The van der Waals surface area contributed by atoms with E-state index in [4.69, 9.17) is 0 Å². The zero-order chi connectivity index (χ0) is 22.5. The van der Waals surface area contributed by atoms with Gasteiger partial charge in [0.05, 0.1) is 5.92 Å². The molecular weight excluding hydrogens is 403 g/mol. The zero-order valence-electron chi connectivity index (χ0n) is 18.9. The molecule has 0 bridgehead atoms. The molecule has 2 aromatic carbocycles. The molecule has 1 saturated carbocycles. The van der Waals surface area contributed by atoms with Crippen LogP contribution in [-0.2, 0) is 22.6 Å². The fourth-order valence-electron chi connectivity index (χ4n) is 5.15. The van der Waals surface area contributed by atoms with Gasteiger partial charge in [0.2, 0.25) is 11.8 Å². The summed E-state index contributed by atoms with van der Waals surface area (Å²) in [6.45, 7) is 3.57. The van der Waals surface area contributed by atoms with E-state index < -0.39 is 0 Å². The van der Waals surface area contributed by atoms with Gasteiger partial charge < -0.3 is 10.2 Å². The van der Waals surface area contributed by atoms with E-state index in [1.165, 1.54) is 23.3 Å². The van der Waals surface area contributed by atoms with Crippen molar-refractivity contribution in [3.8, 4) is 0 Å². The Balaban J connectivity index is 1.48. The van der Waals surface area contributed by atoms with Gasteiger partial charge in [0.15, 0.2) is 0 Å². The van der Waals surface area contributed by atoms with Crippen LogP contribution >= 0.6 is 0 Å². The van der Waals surface area contributed by atoms with Crippen molar-refractivity contribution in [1.82, 2.24) is 10.2 Å². The SMILES string of the molecule is CCc1ccc(C2CC(C(=O)NCc3cccc(F)c3)CN(C(=O)C3CCCC3)C2)cc1. The second-order valence-corrected chi connectivity index (χ2v) is 9.30. The zero-order valence-corrected chi connectivity index (χ0v) is 18.9. The molecule has 1 aliphatic carbocycles. The number of hydrogen-bond donors (Lipinski definition) is 1. The van der Waals surface area contributed by atoms with Crippen LogP contribution in [0.3, 0.4) is 0 Å². The molecule has 2 aromatic rings. The van der Waals surface area contributed by atoms with Crippen molar-refractivity contribution in [2.24, 2.45) is 11.8 Å². The lowest BCUT2D eigenvalue weighted by atomic mass is 9.83. The predicted molar refractivity (Wildman–Crippen MR) is 123 cm³/mol. The standard InChI is InChI=1S/C27H33FN2O2/c1-2-19-10-12-21(13-11-19)23-15-24(18-30(17-23)27(32)22-7-3-4-8-22)26(31)29-16-20-6-5-9-25(28)14-20/h5-6,9-14,22-24H,2-4,7-8,15-18H2,1H3,(H,29,31). The molecule has 2 amide bonds. The maximum Gasteiger partial charge on any atom is 0.225 e. The first kappa shape index (κ1) is 22.5. The summed E-state index contributed by atoms with van der Waals surface area (Å²) in [4.78, 5) is 28.2. The van der Waals surface area contributed by atoms with Crippen molar-refractivity contribution in [1.29, 1.82) is 0 Å². The number of likely N-dealkylation sites (tertiary alicyclic amines) is 1. The van der Waals surface area contributed by atoms with Crippen molar-refractivity contribution in [2.45, 2.75) is 57.9 Å². The number of carbonyl (C=O) groups excluding carboxylic acids is 2. The van der Waals surface area contributed by atoms with Crippen LogP contribution in [0.4, 0.5) is 4.39 Å². The van der Waals surface area contributed by atoms with E-state index in [1.54, 1.807) is 12.1 Å². The summed E-state index contributed by atoms with van der Waals surface area (Å²) >= 11 is 0. The van der Waals surface area contributed by atoms with Crippen LogP contribution in [0, 0.1) is 17.7 Å². The summed E-state index contributed by atoms with van der Waals surface area (Å²) in [7, 11) is 0. The van der Waals surface area contributed by atoms with E-state index in [0.717, 1.165) is 44.1 Å². The lowest BCUT2D eigenvalue weighted by molar-refractivity contribution is -0.139. The summed E-state index contributed by atoms with van der Waals surface area (Å²) in [5, 5.41) is 2.97. The number of hydrogen-bond acceptors (Lipinski definition) is 2. The van der Waals surface area contributed by atoms with Crippen molar-refractivity contribution < 1.29 is 14.0 Å². The van der Waals surface area contributed by atoms with Gasteiger partial charge in [-0.15, -0.1) is 0 Å². The van der Waals surface area contributed by atoms with E-state index in [9.17, 15) is 14.0 Å². The topological polar surface area (TPSA) is 49.4 Å². The second kappa shape index (κ2) is 10.3. The number of nitrogens with zero attached hydrogens (tertiary/aromatic N) is 1. The highest BCUT2D eigenvalue weighted by Crippen LogP contribution is 2.34. The summed E-state index contributed by atoms with van der Waals surface area (Å²) < 4.78 is 13.5. The first-order chi connectivity index (χ1) is 15.5. The average molecular weight is 437 g/mol. The number of carbonyl (C=O) groups is 2. The first-order valence-electron chi connectivity index (χ1n) is 11.9. The van der Waals surface area contributed by atoms with Gasteiger partial charge in [-0.3, -0.25) is 9.59 Å². The molecule has 170 valence electrons. The van der Waals surface area contributed by atoms with Crippen molar-refractivity contribution in [3.05, 3.63) is 71.0 Å². The van der Waals surface area contributed by atoms with Crippen LogP contribution in [0.25, 0.3) is 0 Å². The summed E-state index contributed by atoms with van der Waals surface area (Å²) in [6.07, 6.45) is 5.86. The molecule has 0 spiro atoms. The molecule has 32 heavy (non-hydrogen) atoms. The van der Waals surface area contributed by atoms with Crippen LogP contribution in [0.1, 0.15) is 61.6 Å². The molecule has 2 atom stereocenters. The number of benzene rings is 2. The van der Waals surface area contributed by atoms with Gasteiger partial charge in [-0.1, -0.05) is 56.2 Å². The van der Waals surface area contributed by atoms with Gasteiger partial charge in [-0.2, -0.15) is 0 Å². The molecule has 2 fully saturated rings. The lowest BCUT2D eigenvalue weighted by Gasteiger charge is -2.38. The van der Waals surface area contributed by atoms with Crippen LogP contribution in [0.5, 0.6) is 0 Å². The number of aryl methyl sites for hydroxylation is 1. The van der Waals surface area contributed by atoms with Gasteiger partial charge in [0.25, 0.3) is 0 Å². The van der Waals surface area contributed by atoms with Gasteiger partial charge in [-0.05, 0) is 54.5 Å². The van der Waals surface area contributed by atoms with Gasteiger partial charge in [0.1, 0.15) is 5.82 Å². The molecule has 1 N–H and O–H groups in total. The molecular formula is C27H33FN2O2. The van der Waals surface area contributed by atoms with Crippen molar-refractivity contribution >= 4 is 11.8 Å². The Labute approximate surface area is 190 Å². The third-order valence-corrected chi connectivity index (χ3v) is 7.05. The van der Waals surface area contributed by atoms with Gasteiger partial charge in [0, 0.05) is 31.5 Å². The molecule has 2 aliphatic rings. The molecule has 1 aliphatic heterocycles. The minimum absolute atomic E-state index is 0.0617. The normalized spacial score (nSPS) is 21.5. The minimum Gasteiger partial charge on any atom is -0.352 e. The van der Waals surface area contributed by atoms with Crippen molar-refractivity contribution in [2.75, 3.05) is 13.1 Å². The molecule has 5 heteroatoms. The van der Waals surface area contributed by atoms with E-state index in [0.29, 0.717) is 19.6 Å². The van der Waals surface area contributed by atoms with Gasteiger partial charge in [-0.25, -0.2) is 4.39 Å². The Bertz CT molecular complexity index is 937. The van der Waals surface area contributed by atoms with E-state index >= 15 is 0 Å². The maximum atomic E-state index is 13.5. The third-order valence-electron chi connectivity index (χ3n) is 7.05. The fourth-order valence-corrected chi connectivity index (χ4v) is 5.15. The Kier molecular flexibility index (Phi) is 7.23. The van der Waals surface area contributed by atoms with Crippen LogP contribution < -0.4 is 5.32 Å². The Morgan fingerprint density at radius 3 is 2.44 bits per heavy atom. The van der Waals surface area contributed by atoms with Crippen LogP contribution in [0.15, 0.2) is 48.5 Å². The summed E-state index contributed by atoms with van der Waals surface area (Å²) in [6, 6.07) is 14.9. The maximum absolute atomic E-state index is 13.5. The number of piperidine rings is 1. The quantitative estimate of drug-likeness (QED) is 0.705. The van der Waals surface area contributed by atoms with Crippen LogP contribution in [0.2, 0.25) is 0 Å². The van der Waals surface area contributed by atoms with Crippen LogP contribution in [-0.4, -0.2) is 29.8 Å². The number of halogens is 1. The largest absolute Gasteiger partial charge is 0.352 e. The molecule has 1 saturated heterocycles. The number of rotatable bonds is 6. The average Bonchev–Trinajstić information content (AvgIpc) is 3.37. The smallest absolute Gasteiger partial charge is 0.225 e. The van der Waals surface area contributed by atoms with E-state index in [1.807, 2.05) is 4.90 Å². The molecule has 0 aromatic heterocycles. The molecule has 1 heterocycles. The lowest BCUT2D eigenvalue weighted by Crippen LogP contribution is -2.49. The Morgan fingerprint density at radius 1 is 1.00 bits per heavy atom. The fraction of sp³-hybridized carbons (Fsp3) is 0.481. The molecule has 0 radical (unpaired) electrons. The Morgan fingerprint density at radius 2 is 1.75 bits per heavy atom. The minimum atomic E-state index is -0.307. The molecule has 2 unspecified atom stereocenters. The molecule has 4 nitrogen and oxygen atoms in total. The number of amides is 2. The van der Waals surface area contributed by atoms with Crippen molar-refractivity contribution in [3.63, 3.8) is 0 Å². The Hall–Kier alpha value is -2.69. The van der Waals surface area contributed by atoms with Gasteiger partial charge >= 0.3 is 0 Å². The first-order valence-corrected chi connectivity index (χ1v) is 11.9. The highest BCUT2D eigenvalue weighted by molar-refractivity contribution is 5.82. The molecule has 4 rings (SSSR count). The summed E-state index contributed by atoms with van der Waals surface area (Å²) in [5.74, 6) is -0.178. The highest BCUT2D eigenvalue weighted by atomic mass is 19.1. The second-order valence-electron chi connectivity index (χ2n) is 9.30.